The van der Waals surface area contributed by atoms with Gasteiger partial charge in [0.1, 0.15) is 6.04 Å². The highest BCUT2D eigenvalue weighted by atomic mass is 35.5. The highest BCUT2D eigenvalue weighted by Gasteiger charge is 2.15. The van der Waals surface area contributed by atoms with Gasteiger partial charge in [-0.2, -0.15) is 0 Å². The van der Waals surface area contributed by atoms with E-state index in [0.717, 1.165) is 21.5 Å². The third-order valence-corrected chi connectivity index (χ3v) is 4.19. The Labute approximate surface area is 126 Å². The minimum atomic E-state index is -0.646. The van der Waals surface area contributed by atoms with Gasteiger partial charge in [0.05, 0.1) is 12.6 Å². The number of rotatable bonds is 4. The summed E-state index contributed by atoms with van der Waals surface area (Å²) in [5.41, 5.74) is 7.54. The molecule has 4 nitrogen and oxygen atoms in total. The molecule has 2 N–H and O–H groups in total. The van der Waals surface area contributed by atoms with Crippen molar-refractivity contribution in [3.63, 3.8) is 0 Å². The number of hydrogen-bond acceptors (Lipinski definition) is 5. The molecule has 0 unspecified atom stereocenters. The molecule has 0 bridgehead atoms. The molecule has 6 heteroatoms. The summed E-state index contributed by atoms with van der Waals surface area (Å²) >= 11 is 7.53. The van der Waals surface area contributed by atoms with Crippen molar-refractivity contribution in [2.75, 3.05) is 12.9 Å². The lowest BCUT2D eigenvalue weighted by Crippen LogP contribution is -2.33. The molecule has 0 spiro atoms. The predicted molar refractivity (Wildman–Crippen MR) is 82.2 cm³/mol. The van der Waals surface area contributed by atoms with Crippen LogP contribution in [0.4, 0.5) is 0 Å². The molecule has 1 heterocycles. The number of carbonyl (C=O) groups excluding carboxylic acids is 1. The van der Waals surface area contributed by atoms with Crippen molar-refractivity contribution >= 4 is 40.2 Å². The van der Waals surface area contributed by atoms with E-state index in [0.29, 0.717) is 10.8 Å². The number of fused-ring (bicyclic) bond motifs is 1. The van der Waals surface area contributed by atoms with E-state index in [4.69, 9.17) is 17.3 Å². The van der Waals surface area contributed by atoms with Gasteiger partial charge in [-0.05, 0) is 31.2 Å². The van der Waals surface area contributed by atoms with Crippen molar-refractivity contribution in [3.8, 4) is 0 Å². The number of aryl methyl sites for hydroxylation is 1. The average molecular weight is 311 g/mol. The van der Waals surface area contributed by atoms with Gasteiger partial charge in [0, 0.05) is 26.8 Å². The van der Waals surface area contributed by atoms with Crippen LogP contribution >= 0.6 is 23.4 Å². The Kier molecular flexibility index (Phi) is 4.86. The smallest absolute Gasteiger partial charge is 0.323 e. The lowest BCUT2D eigenvalue weighted by molar-refractivity contribution is -0.141. The van der Waals surface area contributed by atoms with Gasteiger partial charge in [-0.15, -0.1) is 11.8 Å². The van der Waals surface area contributed by atoms with E-state index >= 15 is 0 Å². The molecule has 0 aliphatic heterocycles. The van der Waals surface area contributed by atoms with E-state index in [1.807, 2.05) is 31.2 Å². The summed E-state index contributed by atoms with van der Waals surface area (Å²) in [6.07, 6.45) is 0. The van der Waals surface area contributed by atoms with Crippen LogP contribution in [0, 0.1) is 6.92 Å². The summed E-state index contributed by atoms with van der Waals surface area (Å²) in [5, 5.41) is 1.62. The number of benzene rings is 1. The number of carbonyl (C=O) groups is 1. The Morgan fingerprint density at radius 1 is 1.50 bits per heavy atom. The number of thioether (sulfide) groups is 1. The zero-order chi connectivity index (χ0) is 14.7. The first-order valence-corrected chi connectivity index (χ1v) is 7.40. The van der Waals surface area contributed by atoms with E-state index in [9.17, 15) is 4.79 Å². The summed E-state index contributed by atoms with van der Waals surface area (Å²) < 4.78 is 4.62. The van der Waals surface area contributed by atoms with Crippen molar-refractivity contribution in [3.05, 3.63) is 35.0 Å². The highest BCUT2D eigenvalue weighted by molar-refractivity contribution is 7.99. The fraction of sp³-hybridized carbons (Fsp3) is 0.286. The molecule has 0 saturated carbocycles. The summed E-state index contributed by atoms with van der Waals surface area (Å²) in [4.78, 5) is 16.8. The predicted octanol–water partition coefficient (Wildman–Crippen LogP) is 2.79. The van der Waals surface area contributed by atoms with Crippen LogP contribution in [0.1, 0.15) is 5.69 Å². The molecule has 1 aromatic carbocycles. The summed E-state index contributed by atoms with van der Waals surface area (Å²) in [5.74, 6) is 0.0307. The van der Waals surface area contributed by atoms with E-state index in [2.05, 4.69) is 9.72 Å². The zero-order valence-corrected chi connectivity index (χ0v) is 12.8. The number of pyridine rings is 1. The lowest BCUT2D eigenvalue weighted by Gasteiger charge is -2.11. The zero-order valence-electron chi connectivity index (χ0n) is 11.2. The van der Waals surface area contributed by atoms with Gasteiger partial charge in [0.25, 0.3) is 0 Å². The van der Waals surface area contributed by atoms with Crippen LogP contribution in [0.2, 0.25) is 5.02 Å². The molecule has 0 radical (unpaired) electrons. The normalized spacial score (nSPS) is 12.4. The number of ether oxygens (including phenoxy) is 1. The molecule has 0 aliphatic carbocycles. The monoisotopic (exact) mass is 310 g/mol. The highest BCUT2D eigenvalue weighted by Crippen LogP contribution is 2.30. The minimum absolute atomic E-state index is 0.411. The van der Waals surface area contributed by atoms with Crippen LogP contribution < -0.4 is 5.73 Å². The van der Waals surface area contributed by atoms with E-state index in [1.165, 1.54) is 18.9 Å². The van der Waals surface area contributed by atoms with Crippen LogP contribution in [-0.2, 0) is 9.53 Å². The molecular weight excluding hydrogens is 296 g/mol. The second kappa shape index (κ2) is 6.43. The standard InChI is InChI=1S/C14H15ClN2O2S/c1-8-5-13(20-7-11(16)14(18)19-2)10-6-9(15)3-4-12(10)17-8/h3-6,11H,7,16H2,1-2H3/t11-/m1/s1. The third-order valence-electron chi connectivity index (χ3n) is 2.78. The fourth-order valence-electron chi connectivity index (χ4n) is 1.81. The minimum Gasteiger partial charge on any atom is -0.468 e. The van der Waals surface area contributed by atoms with E-state index in [1.54, 1.807) is 0 Å². The summed E-state index contributed by atoms with van der Waals surface area (Å²) in [6.45, 7) is 1.93. The molecule has 2 rings (SSSR count). The number of nitrogens with zero attached hydrogens (tertiary/aromatic N) is 1. The van der Waals surface area contributed by atoms with Crippen LogP contribution in [0.3, 0.4) is 0 Å². The molecular formula is C14H15ClN2O2S. The number of methoxy groups -OCH3 is 1. The van der Waals surface area contributed by atoms with Gasteiger partial charge in [-0.25, -0.2) is 0 Å². The van der Waals surface area contributed by atoms with E-state index < -0.39 is 12.0 Å². The van der Waals surface area contributed by atoms with Crippen LogP contribution in [-0.4, -0.2) is 29.9 Å². The van der Waals surface area contributed by atoms with Gasteiger partial charge in [0.15, 0.2) is 0 Å². The first-order valence-electron chi connectivity index (χ1n) is 6.04. The SMILES string of the molecule is COC(=O)[C@H](N)CSc1cc(C)nc2ccc(Cl)cc12. The number of nitrogens with two attached hydrogens (primary N) is 1. The molecule has 106 valence electrons. The molecule has 0 saturated heterocycles. The number of esters is 1. The quantitative estimate of drug-likeness (QED) is 0.695. The molecule has 20 heavy (non-hydrogen) atoms. The van der Waals surface area contributed by atoms with Gasteiger partial charge in [-0.1, -0.05) is 11.6 Å². The topological polar surface area (TPSA) is 65.2 Å². The molecule has 1 atom stereocenters. The van der Waals surface area contributed by atoms with Gasteiger partial charge < -0.3 is 10.5 Å². The maximum Gasteiger partial charge on any atom is 0.323 e. The van der Waals surface area contributed by atoms with Gasteiger partial charge >= 0.3 is 5.97 Å². The second-order valence-electron chi connectivity index (χ2n) is 4.36. The first-order chi connectivity index (χ1) is 9.51. The Morgan fingerprint density at radius 3 is 2.95 bits per heavy atom. The maximum absolute atomic E-state index is 11.3. The number of halogens is 1. The van der Waals surface area contributed by atoms with Gasteiger partial charge in [0.2, 0.25) is 0 Å². The second-order valence-corrected chi connectivity index (χ2v) is 5.86. The largest absolute Gasteiger partial charge is 0.468 e. The third kappa shape index (κ3) is 3.42. The number of hydrogen-bond donors (Lipinski definition) is 1. The fourth-order valence-corrected chi connectivity index (χ4v) is 3.05. The maximum atomic E-state index is 11.3. The van der Waals surface area contributed by atoms with Crippen molar-refractivity contribution in [1.82, 2.24) is 4.98 Å². The Balaban J connectivity index is 2.29. The van der Waals surface area contributed by atoms with Crippen molar-refractivity contribution in [2.24, 2.45) is 5.73 Å². The average Bonchev–Trinajstić information content (AvgIpc) is 2.44. The molecule has 1 aromatic heterocycles. The molecule has 0 amide bonds. The van der Waals surface area contributed by atoms with Crippen LogP contribution in [0.5, 0.6) is 0 Å². The van der Waals surface area contributed by atoms with Gasteiger partial charge in [-0.3, -0.25) is 9.78 Å². The summed E-state index contributed by atoms with van der Waals surface area (Å²) in [7, 11) is 1.33. The Bertz CT molecular complexity index is 648. The molecule has 0 aliphatic rings. The van der Waals surface area contributed by atoms with Crippen molar-refractivity contribution in [2.45, 2.75) is 17.9 Å². The van der Waals surface area contributed by atoms with Crippen molar-refractivity contribution in [1.29, 1.82) is 0 Å². The van der Waals surface area contributed by atoms with E-state index in [-0.39, 0.29) is 0 Å². The molecule has 0 fully saturated rings. The summed E-state index contributed by atoms with van der Waals surface area (Å²) in [6, 6.07) is 6.88. The van der Waals surface area contributed by atoms with Crippen LogP contribution in [0.15, 0.2) is 29.2 Å². The first kappa shape index (κ1) is 15.1. The van der Waals surface area contributed by atoms with Crippen LogP contribution in [0.25, 0.3) is 10.9 Å². The Morgan fingerprint density at radius 2 is 2.25 bits per heavy atom. The number of aromatic nitrogens is 1. The lowest BCUT2D eigenvalue weighted by atomic mass is 10.2. The van der Waals surface area contributed by atoms with Crippen molar-refractivity contribution < 1.29 is 9.53 Å². The Hall–Kier alpha value is -1.30. The molecule has 2 aromatic rings.